The normalized spacial score (nSPS) is 18.4. The topological polar surface area (TPSA) is 43.9 Å². The van der Waals surface area contributed by atoms with Crippen molar-refractivity contribution in [2.45, 2.75) is 52.6 Å². The van der Waals surface area contributed by atoms with Crippen LogP contribution < -0.4 is 15.3 Å². The average molecular weight is 376 g/mol. The van der Waals surface area contributed by atoms with Gasteiger partial charge in [0.15, 0.2) is 0 Å². The van der Waals surface area contributed by atoms with Crippen molar-refractivity contribution in [3.05, 3.63) is 74.1 Å². The summed E-state index contributed by atoms with van der Waals surface area (Å²) < 4.78 is 11.9. The number of benzene rings is 2. The van der Waals surface area contributed by atoms with Crippen LogP contribution in [0.5, 0.6) is 5.75 Å². The monoisotopic (exact) mass is 376 g/mol. The molecule has 1 atom stereocenters. The Hall–Kier alpha value is -2.59. The number of rotatable bonds is 2. The van der Waals surface area contributed by atoms with Crippen LogP contribution in [0.4, 0.5) is 0 Å². The second kappa shape index (κ2) is 6.78. The smallest absolute Gasteiger partial charge is 0.339 e. The molecule has 2 heterocycles. The van der Waals surface area contributed by atoms with Crippen molar-refractivity contribution >= 4 is 11.0 Å². The Morgan fingerprint density at radius 1 is 1.04 bits per heavy atom. The van der Waals surface area contributed by atoms with Crippen LogP contribution in [-0.2, 0) is 25.9 Å². The van der Waals surface area contributed by atoms with Gasteiger partial charge >= 0.3 is 5.63 Å². The molecule has 1 aliphatic carbocycles. The Morgan fingerprint density at radius 3 is 2.57 bits per heavy atom. The van der Waals surface area contributed by atoms with Crippen molar-refractivity contribution in [3.8, 4) is 5.75 Å². The lowest BCUT2D eigenvalue weighted by atomic mass is 9.89. The maximum absolute atomic E-state index is 12.5. The highest BCUT2D eigenvalue weighted by atomic mass is 16.5. The number of nitrogens with one attached hydrogen (secondary N) is 1. The summed E-state index contributed by atoms with van der Waals surface area (Å²) in [6, 6.07) is 11.0. The first kappa shape index (κ1) is 17.5. The summed E-state index contributed by atoms with van der Waals surface area (Å²) in [7, 11) is 0. The fourth-order valence-electron chi connectivity index (χ4n) is 4.72. The standard InChI is InChI=1S/C24H25NO3/c1-15-7-9-17(10-8-15)12-25-13-18-11-21-19-5-3-4-6-20(19)24(26)28-23(21)16(2)22(18)27-14-25/h7-11H,3-6,12-14H2,1-2H3/p+1. The van der Waals surface area contributed by atoms with E-state index in [1.165, 1.54) is 27.2 Å². The molecule has 5 rings (SSSR count). The molecule has 28 heavy (non-hydrogen) atoms. The van der Waals surface area contributed by atoms with Gasteiger partial charge in [-0.2, -0.15) is 0 Å². The van der Waals surface area contributed by atoms with Crippen LogP contribution >= 0.6 is 0 Å². The quantitative estimate of drug-likeness (QED) is 0.699. The third-order valence-corrected chi connectivity index (χ3v) is 6.21. The molecule has 144 valence electrons. The maximum atomic E-state index is 12.5. The molecule has 4 nitrogen and oxygen atoms in total. The number of fused-ring (bicyclic) bond motifs is 4. The Labute approximate surface area is 164 Å². The maximum Gasteiger partial charge on any atom is 0.339 e. The van der Waals surface area contributed by atoms with Crippen molar-refractivity contribution in [2.75, 3.05) is 6.73 Å². The second-order valence-corrected chi connectivity index (χ2v) is 8.30. The minimum absolute atomic E-state index is 0.160. The lowest BCUT2D eigenvalue weighted by Crippen LogP contribution is -3.10. The largest absolute Gasteiger partial charge is 0.444 e. The first-order valence-electron chi connectivity index (χ1n) is 10.2. The van der Waals surface area contributed by atoms with Crippen LogP contribution in [0, 0.1) is 13.8 Å². The lowest BCUT2D eigenvalue weighted by Gasteiger charge is -2.28. The number of aryl methyl sites for hydroxylation is 3. The van der Waals surface area contributed by atoms with Crippen molar-refractivity contribution in [2.24, 2.45) is 0 Å². The molecule has 0 radical (unpaired) electrons. The Bertz CT molecular complexity index is 1110. The van der Waals surface area contributed by atoms with Gasteiger partial charge in [-0.15, -0.1) is 0 Å². The molecule has 0 spiro atoms. The first-order valence-corrected chi connectivity index (χ1v) is 10.2. The van der Waals surface area contributed by atoms with Crippen LogP contribution in [-0.4, -0.2) is 6.73 Å². The van der Waals surface area contributed by atoms with Gasteiger partial charge in [-0.3, -0.25) is 4.90 Å². The van der Waals surface area contributed by atoms with Crippen LogP contribution in [0.1, 0.15) is 46.2 Å². The van der Waals surface area contributed by atoms with E-state index in [1.54, 1.807) is 0 Å². The van der Waals surface area contributed by atoms with Gasteiger partial charge in [0.1, 0.15) is 24.4 Å². The number of hydrogen-bond acceptors (Lipinski definition) is 3. The highest BCUT2D eigenvalue weighted by molar-refractivity contribution is 5.87. The number of ether oxygens (including phenoxy) is 1. The molecular weight excluding hydrogens is 350 g/mol. The molecule has 0 fully saturated rings. The highest BCUT2D eigenvalue weighted by Gasteiger charge is 2.27. The summed E-state index contributed by atoms with van der Waals surface area (Å²) in [6.07, 6.45) is 4.02. The third-order valence-electron chi connectivity index (χ3n) is 6.21. The Kier molecular flexibility index (Phi) is 4.24. The number of hydrogen-bond donors (Lipinski definition) is 1. The molecule has 2 aliphatic rings. The molecule has 1 aliphatic heterocycles. The van der Waals surface area contributed by atoms with Gasteiger partial charge in [0, 0.05) is 27.6 Å². The molecule has 1 unspecified atom stereocenters. The second-order valence-electron chi connectivity index (χ2n) is 8.30. The fourth-order valence-corrected chi connectivity index (χ4v) is 4.72. The zero-order valence-electron chi connectivity index (χ0n) is 16.6. The summed E-state index contributed by atoms with van der Waals surface area (Å²) in [5.74, 6) is 0.902. The van der Waals surface area contributed by atoms with Gasteiger partial charge in [0.2, 0.25) is 6.73 Å². The molecule has 0 bridgehead atoms. The van der Waals surface area contributed by atoms with Crippen LogP contribution in [0.25, 0.3) is 11.0 Å². The van der Waals surface area contributed by atoms with Crippen LogP contribution in [0.15, 0.2) is 39.5 Å². The highest BCUT2D eigenvalue weighted by Crippen LogP contribution is 2.36. The van der Waals surface area contributed by atoms with Crippen LogP contribution in [0.2, 0.25) is 0 Å². The van der Waals surface area contributed by atoms with Crippen molar-refractivity contribution < 1.29 is 14.1 Å². The van der Waals surface area contributed by atoms with Gasteiger partial charge in [0.05, 0.1) is 0 Å². The van der Waals surface area contributed by atoms with E-state index in [-0.39, 0.29) is 5.63 Å². The van der Waals surface area contributed by atoms with Gasteiger partial charge in [-0.25, -0.2) is 4.79 Å². The van der Waals surface area contributed by atoms with Crippen LogP contribution in [0.3, 0.4) is 0 Å². The van der Waals surface area contributed by atoms with E-state index in [0.29, 0.717) is 12.3 Å². The van der Waals surface area contributed by atoms with E-state index in [1.807, 2.05) is 6.92 Å². The van der Waals surface area contributed by atoms with Crippen molar-refractivity contribution in [3.63, 3.8) is 0 Å². The number of quaternary nitrogens is 1. The first-order chi connectivity index (χ1) is 13.6. The minimum Gasteiger partial charge on any atom is -0.444 e. The Morgan fingerprint density at radius 2 is 1.79 bits per heavy atom. The van der Waals surface area contributed by atoms with E-state index in [4.69, 9.17) is 9.15 Å². The molecule has 0 amide bonds. The van der Waals surface area contributed by atoms with Gasteiger partial charge in [-0.1, -0.05) is 29.8 Å². The molecule has 0 saturated heterocycles. The summed E-state index contributed by atoms with van der Waals surface area (Å²) in [6.45, 7) is 6.63. The summed E-state index contributed by atoms with van der Waals surface area (Å²) in [5, 5.41) is 1.12. The summed E-state index contributed by atoms with van der Waals surface area (Å²) in [5.41, 5.74) is 7.44. The minimum atomic E-state index is -0.160. The molecule has 4 heteroatoms. The average Bonchev–Trinajstić information content (AvgIpc) is 2.71. The summed E-state index contributed by atoms with van der Waals surface area (Å²) >= 11 is 0. The molecule has 0 saturated carbocycles. The van der Waals surface area contributed by atoms with Gasteiger partial charge in [-0.05, 0) is 51.2 Å². The zero-order valence-corrected chi connectivity index (χ0v) is 16.6. The molecule has 2 aromatic carbocycles. The fraction of sp³-hybridized carbons (Fsp3) is 0.375. The predicted molar refractivity (Wildman–Crippen MR) is 109 cm³/mol. The van der Waals surface area contributed by atoms with E-state index < -0.39 is 0 Å². The molecule has 1 N–H and O–H groups in total. The van der Waals surface area contributed by atoms with Gasteiger partial charge < -0.3 is 9.15 Å². The summed E-state index contributed by atoms with van der Waals surface area (Å²) in [4.78, 5) is 13.9. The van der Waals surface area contributed by atoms with E-state index in [2.05, 4.69) is 37.3 Å². The van der Waals surface area contributed by atoms with Gasteiger partial charge in [0.25, 0.3) is 0 Å². The molecule has 1 aromatic heterocycles. The third kappa shape index (κ3) is 2.92. The van der Waals surface area contributed by atoms with E-state index in [0.717, 1.165) is 61.0 Å². The van der Waals surface area contributed by atoms with Crippen molar-refractivity contribution in [1.82, 2.24) is 0 Å². The zero-order chi connectivity index (χ0) is 19.3. The van der Waals surface area contributed by atoms with Crippen molar-refractivity contribution in [1.29, 1.82) is 0 Å². The molecule has 3 aromatic rings. The predicted octanol–water partition coefficient (Wildman–Crippen LogP) is 3.22. The SMILES string of the molecule is Cc1ccc(C[NH+]2COc3c(cc4c5c(c(=O)oc4c3C)CCCC5)C2)cc1. The van der Waals surface area contributed by atoms with E-state index >= 15 is 0 Å². The Balaban J connectivity index is 1.54. The van der Waals surface area contributed by atoms with E-state index in [9.17, 15) is 4.79 Å². The lowest BCUT2D eigenvalue weighted by molar-refractivity contribution is -0.945. The molecular formula is C24H26NO3+.